The molecule has 120 valence electrons. The van der Waals surface area contributed by atoms with Gasteiger partial charge in [0.1, 0.15) is 5.76 Å². The van der Waals surface area contributed by atoms with Crippen LogP contribution in [0.1, 0.15) is 77.0 Å². The van der Waals surface area contributed by atoms with Gasteiger partial charge in [-0.1, -0.05) is 46.0 Å². The fraction of sp³-hybridized carbons (Fsp3) is 0.778. The first-order valence-electron chi connectivity index (χ1n) is 8.73. The van der Waals surface area contributed by atoms with Gasteiger partial charge in [-0.3, -0.25) is 0 Å². The smallest absolute Gasteiger partial charge is 0.169 e. The van der Waals surface area contributed by atoms with E-state index in [-0.39, 0.29) is 0 Å². The Kier molecular flexibility index (Phi) is 7.31. The zero-order valence-electron chi connectivity index (χ0n) is 13.5. The molecule has 0 aromatic carbocycles. The Hall–Kier alpha value is -0.280. The summed E-state index contributed by atoms with van der Waals surface area (Å²) in [5, 5.41) is 3.71. The lowest BCUT2D eigenvalue weighted by Crippen LogP contribution is -2.31. The molecule has 1 aromatic heterocycles. The van der Waals surface area contributed by atoms with Crippen molar-refractivity contribution in [3.05, 3.63) is 22.6 Å². The van der Waals surface area contributed by atoms with E-state index in [1.54, 1.807) is 0 Å². The van der Waals surface area contributed by atoms with Gasteiger partial charge in [-0.25, -0.2) is 0 Å². The van der Waals surface area contributed by atoms with Gasteiger partial charge in [-0.05, 0) is 65.7 Å². The molecular weight excluding hydrogens is 326 g/mol. The van der Waals surface area contributed by atoms with Gasteiger partial charge in [0, 0.05) is 0 Å². The van der Waals surface area contributed by atoms with E-state index >= 15 is 0 Å². The Morgan fingerprint density at radius 2 is 1.95 bits per heavy atom. The Morgan fingerprint density at radius 1 is 1.19 bits per heavy atom. The average Bonchev–Trinajstić information content (AvgIpc) is 2.93. The molecular formula is C18H30BrNO. The number of unbranched alkanes of at least 4 members (excludes halogenated alkanes) is 1. The Balaban J connectivity index is 1.92. The predicted molar refractivity (Wildman–Crippen MR) is 92.4 cm³/mol. The number of furan rings is 1. The highest BCUT2D eigenvalue weighted by atomic mass is 79.9. The summed E-state index contributed by atoms with van der Waals surface area (Å²) in [6, 6.07) is 4.53. The van der Waals surface area contributed by atoms with Crippen LogP contribution >= 0.6 is 15.9 Å². The molecule has 2 nitrogen and oxygen atoms in total. The molecule has 21 heavy (non-hydrogen) atoms. The molecule has 0 aliphatic heterocycles. The Morgan fingerprint density at radius 3 is 2.52 bits per heavy atom. The highest BCUT2D eigenvalue weighted by molar-refractivity contribution is 9.10. The van der Waals surface area contributed by atoms with E-state index in [0.29, 0.717) is 6.04 Å². The molecule has 2 rings (SSSR count). The largest absolute Gasteiger partial charge is 0.453 e. The van der Waals surface area contributed by atoms with E-state index in [2.05, 4.69) is 41.2 Å². The van der Waals surface area contributed by atoms with Crippen molar-refractivity contribution in [2.45, 2.75) is 71.3 Å². The van der Waals surface area contributed by atoms with Gasteiger partial charge in [0.05, 0.1) is 6.04 Å². The van der Waals surface area contributed by atoms with Crippen molar-refractivity contribution in [1.29, 1.82) is 0 Å². The van der Waals surface area contributed by atoms with Gasteiger partial charge in [-0.15, -0.1) is 0 Å². The minimum absolute atomic E-state index is 0.392. The van der Waals surface area contributed by atoms with Gasteiger partial charge in [0.25, 0.3) is 0 Å². The first-order valence-corrected chi connectivity index (χ1v) is 9.52. The molecule has 1 aliphatic carbocycles. The van der Waals surface area contributed by atoms with E-state index in [1.165, 1.54) is 51.4 Å². The van der Waals surface area contributed by atoms with Gasteiger partial charge < -0.3 is 9.73 Å². The maximum atomic E-state index is 5.84. The number of nitrogens with one attached hydrogen (secondary N) is 1. The van der Waals surface area contributed by atoms with Crippen LogP contribution in [0.15, 0.2) is 21.2 Å². The van der Waals surface area contributed by atoms with Crippen LogP contribution in [0.25, 0.3) is 0 Å². The Labute approximate surface area is 138 Å². The van der Waals surface area contributed by atoms with Crippen molar-refractivity contribution in [3.8, 4) is 0 Å². The minimum atomic E-state index is 0.392. The molecule has 0 spiro atoms. The average molecular weight is 356 g/mol. The summed E-state index contributed by atoms with van der Waals surface area (Å²) in [7, 11) is 0. The fourth-order valence-electron chi connectivity index (χ4n) is 3.60. The monoisotopic (exact) mass is 355 g/mol. The lowest BCUT2D eigenvalue weighted by atomic mass is 9.76. The molecule has 1 unspecified atom stereocenters. The van der Waals surface area contributed by atoms with E-state index in [9.17, 15) is 0 Å². The second-order valence-corrected chi connectivity index (χ2v) is 7.28. The summed E-state index contributed by atoms with van der Waals surface area (Å²) in [6.45, 7) is 5.59. The molecule has 1 atom stereocenters. The standard InChI is InChI=1S/C18H30BrNO/c1-3-5-6-14-7-9-15(10-8-14)18(20-13-4-2)16-11-12-17(19)21-16/h11-12,14-15,18,20H,3-10,13H2,1-2H3. The van der Waals surface area contributed by atoms with Crippen LogP contribution in [0.4, 0.5) is 0 Å². The molecule has 0 bridgehead atoms. The summed E-state index contributed by atoms with van der Waals surface area (Å²) in [6.07, 6.45) is 10.8. The Bertz CT molecular complexity index is 396. The quantitative estimate of drug-likeness (QED) is 0.611. The second kappa shape index (κ2) is 8.99. The SMILES string of the molecule is CCCCC1CCC(C(NCCC)c2ccc(Br)o2)CC1. The van der Waals surface area contributed by atoms with E-state index < -0.39 is 0 Å². The van der Waals surface area contributed by atoms with Crippen LogP contribution in [0.5, 0.6) is 0 Å². The molecule has 3 heteroatoms. The summed E-state index contributed by atoms with van der Waals surface area (Å²) < 4.78 is 6.69. The number of hydrogen-bond acceptors (Lipinski definition) is 2. The van der Waals surface area contributed by atoms with E-state index in [0.717, 1.165) is 28.8 Å². The molecule has 1 heterocycles. The van der Waals surface area contributed by atoms with Crippen molar-refractivity contribution in [2.75, 3.05) is 6.54 Å². The normalized spacial score (nSPS) is 24.1. The maximum absolute atomic E-state index is 5.84. The fourth-order valence-corrected chi connectivity index (χ4v) is 3.92. The van der Waals surface area contributed by atoms with Crippen molar-refractivity contribution >= 4 is 15.9 Å². The predicted octanol–water partition coefficient (Wildman–Crippen LogP) is 6.08. The molecule has 1 aromatic rings. The summed E-state index contributed by atoms with van der Waals surface area (Å²) in [4.78, 5) is 0. The first-order chi connectivity index (χ1) is 10.2. The minimum Gasteiger partial charge on any atom is -0.453 e. The molecule has 0 saturated heterocycles. The maximum Gasteiger partial charge on any atom is 0.169 e. The molecule has 0 amide bonds. The zero-order chi connectivity index (χ0) is 15.1. The van der Waals surface area contributed by atoms with Gasteiger partial charge in [0.15, 0.2) is 4.67 Å². The van der Waals surface area contributed by atoms with Crippen LogP contribution in [0.2, 0.25) is 0 Å². The van der Waals surface area contributed by atoms with Crippen LogP contribution in [-0.4, -0.2) is 6.54 Å². The molecule has 1 saturated carbocycles. The lowest BCUT2D eigenvalue weighted by molar-refractivity contribution is 0.197. The number of halogens is 1. The van der Waals surface area contributed by atoms with E-state index in [4.69, 9.17) is 4.42 Å². The molecule has 0 radical (unpaired) electrons. The van der Waals surface area contributed by atoms with Crippen LogP contribution in [-0.2, 0) is 0 Å². The third-order valence-electron chi connectivity index (χ3n) is 4.84. The van der Waals surface area contributed by atoms with E-state index in [1.807, 2.05) is 6.07 Å². The zero-order valence-corrected chi connectivity index (χ0v) is 15.1. The highest BCUT2D eigenvalue weighted by Crippen LogP contribution is 2.39. The van der Waals surface area contributed by atoms with Gasteiger partial charge >= 0.3 is 0 Å². The van der Waals surface area contributed by atoms with Crippen molar-refractivity contribution in [2.24, 2.45) is 11.8 Å². The molecule has 1 fully saturated rings. The van der Waals surface area contributed by atoms with Gasteiger partial charge in [-0.2, -0.15) is 0 Å². The number of rotatable bonds is 8. The number of hydrogen-bond donors (Lipinski definition) is 1. The van der Waals surface area contributed by atoms with Crippen LogP contribution < -0.4 is 5.32 Å². The van der Waals surface area contributed by atoms with Crippen molar-refractivity contribution in [1.82, 2.24) is 5.32 Å². The van der Waals surface area contributed by atoms with Crippen molar-refractivity contribution in [3.63, 3.8) is 0 Å². The summed E-state index contributed by atoms with van der Waals surface area (Å²) in [5.74, 6) is 2.80. The lowest BCUT2D eigenvalue weighted by Gasteiger charge is -2.33. The molecule has 1 N–H and O–H groups in total. The summed E-state index contributed by atoms with van der Waals surface area (Å²) in [5.41, 5.74) is 0. The van der Waals surface area contributed by atoms with Crippen molar-refractivity contribution < 1.29 is 4.42 Å². The third-order valence-corrected chi connectivity index (χ3v) is 5.27. The summed E-state index contributed by atoms with van der Waals surface area (Å²) >= 11 is 3.44. The second-order valence-electron chi connectivity index (χ2n) is 6.50. The van der Waals surface area contributed by atoms with Crippen LogP contribution in [0, 0.1) is 11.8 Å². The topological polar surface area (TPSA) is 25.2 Å². The van der Waals surface area contributed by atoms with Crippen LogP contribution in [0.3, 0.4) is 0 Å². The molecule has 1 aliphatic rings. The third kappa shape index (κ3) is 5.14. The van der Waals surface area contributed by atoms with Gasteiger partial charge in [0.2, 0.25) is 0 Å². The highest BCUT2D eigenvalue weighted by Gasteiger charge is 2.29. The first kappa shape index (κ1) is 17.1.